The van der Waals surface area contributed by atoms with E-state index < -0.39 is 77.6 Å². The highest BCUT2D eigenvalue weighted by atomic mass is 16.6. The van der Waals surface area contributed by atoms with Gasteiger partial charge in [-0.3, -0.25) is 9.59 Å². The Balaban J connectivity index is 1.96. The van der Waals surface area contributed by atoms with Gasteiger partial charge in [0.05, 0.1) is 17.7 Å². The first-order chi connectivity index (χ1) is 23.9. The molecule has 1 saturated heterocycles. The Morgan fingerprint density at radius 3 is 2.41 bits per heavy atom. The summed E-state index contributed by atoms with van der Waals surface area (Å²) in [7, 11) is 1.35. The number of nitrogens with two attached hydrogens (primary N) is 1. The van der Waals surface area contributed by atoms with Crippen LogP contribution in [-0.4, -0.2) is 95.5 Å². The van der Waals surface area contributed by atoms with E-state index in [4.69, 9.17) is 29.4 Å². The fraction of sp³-hybridized carbons (Fsp3) is 0.686. The Morgan fingerprint density at radius 2 is 1.84 bits per heavy atom. The topological polar surface area (TPSA) is 237 Å². The number of aromatic amines is 1. The van der Waals surface area contributed by atoms with Crippen molar-refractivity contribution in [3.8, 4) is 6.07 Å². The molecule has 2 heterocycles. The number of nitrogens with one attached hydrogen (secondary N) is 2. The van der Waals surface area contributed by atoms with Gasteiger partial charge in [0.15, 0.2) is 11.9 Å². The molecule has 51 heavy (non-hydrogen) atoms. The second kappa shape index (κ2) is 17.3. The number of H-pyrrole nitrogens is 1. The molecular formula is C35H52N6O10. The van der Waals surface area contributed by atoms with Crippen LogP contribution in [0.4, 0.5) is 4.79 Å². The van der Waals surface area contributed by atoms with E-state index in [0.717, 1.165) is 38.4 Å². The molecule has 5 N–H and O–H groups in total. The summed E-state index contributed by atoms with van der Waals surface area (Å²) in [5, 5.41) is 24.8. The van der Waals surface area contributed by atoms with Gasteiger partial charge in [0.25, 0.3) is 5.91 Å². The first kappa shape index (κ1) is 41.1. The quantitative estimate of drug-likeness (QED) is 0.106. The second-order valence-corrected chi connectivity index (χ2v) is 14.6. The van der Waals surface area contributed by atoms with Crippen LogP contribution in [0.5, 0.6) is 0 Å². The molecule has 1 aliphatic heterocycles. The number of aromatic nitrogens is 1. The Morgan fingerprint density at radius 1 is 1.18 bits per heavy atom. The van der Waals surface area contributed by atoms with Gasteiger partial charge in [0, 0.05) is 13.5 Å². The third-order valence-corrected chi connectivity index (χ3v) is 8.79. The van der Waals surface area contributed by atoms with Gasteiger partial charge in [-0.15, -0.1) is 0 Å². The van der Waals surface area contributed by atoms with Crippen molar-refractivity contribution < 1.29 is 48.0 Å². The van der Waals surface area contributed by atoms with E-state index in [1.165, 1.54) is 33.1 Å². The highest BCUT2D eigenvalue weighted by molar-refractivity contribution is 6.08. The molecule has 3 rings (SSSR count). The molecule has 16 nitrogen and oxygen atoms in total. The summed E-state index contributed by atoms with van der Waals surface area (Å²) in [6, 6.07) is 3.63. The lowest BCUT2D eigenvalue weighted by atomic mass is 9.87. The van der Waals surface area contributed by atoms with E-state index in [1.807, 2.05) is 6.07 Å². The molecule has 0 radical (unpaired) electrons. The molecule has 2 amide bonds. The number of alkyl carbamates (subject to hydrolysis) is 1. The third-order valence-electron chi connectivity index (χ3n) is 8.79. The summed E-state index contributed by atoms with van der Waals surface area (Å²) in [5.74, 6) is -2.54. The predicted octanol–water partition coefficient (Wildman–Crippen LogP) is 3.15. The van der Waals surface area contributed by atoms with Crippen molar-refractivity contribution >= 4 is 36.1 Å². The van der Waals surface area contributed by atoms with E-state index in [-0.39, 0.29) is 29.6 Å². The molecule has 1 aromatic rings. The summed E-state index contributed by atoms with van der Waals surface area (Å²) in [6.07, 6.45) is 0.609. The molecule has 0 unspecified atom stereocenters. The van der Waals surface area contributed by atoms with Crippen LogP contribution in [0.2, 0.25) is 0 Å². The van der Waals surface area contributed by atoms with Gasteiger partial charge < -0.3 is 44.8 Å². The maximum absolute atomic E-state index is 13.6. The number of hydrogen-bond donors (Lipinski definition) is 4. The third kappa shape index (κ3) is 10.6. The number of hydrogen-bond acceptors (Lipinski definition) is 11. The van der Waals surface area contributed by atoms with Crippen molar-refractivity contribution in [1.82, 2.24) is 10.3 Å². The first-order valence-corrected chi connectivity index (χ1v) is 17.1. The molecule has 5 atom stereocenters. The monoisotopic (exact) mass is 716 g/mol. The number of amides is 2. The minimum Gasteiger partial charge on any atom is -0.463 e. The van der Waals surface area contributed by atoms with Crippen molar-refractivity contribution in [2.24, 2.45) is 27.6 Å². The standard InChI is InChI=1S/C35H52N6O10/c1-20(2)26(40-32(46)51-33(3,4)5)30(44)49-27-23(17-48-25(42)16-21-12-10-9-11-13-21)50-35(18-36,28(27)43)24-15-14-22(39-24)29(38-19-37)41-31(45)34(6,7)47-8/h14-15,19-21,23,26-28,39,43H,9-13,16-17H2,1-8H3,(H,40,46)(H2,37,38,41,45)/t23-,26-,27-,28-,35+/m1/s1. The van der Waals surface area contributed by atoms with Gasteiger partial charge in [-0.1, -0.05) is 33.1 Å². The fourth-order valence-corrected chi connectivity index (χ4v) is 5.75. The summed E-state index contributed by atoms with van der Waals surface area (Å²) < 4.78 is 28.0. The number of nitriles is 1. The molecule has 2 aliphatic rings. The molecule has 1 aliphatic carbocycles. The van der Waals surface area contributed by atoms with Crippen molar-refractivity contribution in [3.63, 3.8) is 0 Å². The number of nitrogens with zero attached hydrogens (tertiary/aromatic N) is 3. The number of carbonyl (C=O) groups excluding carboxylic acids is 4. The van der Waals surface area contributed by atoms with Crippen molar-refractivity contribution in [2.75, 3.05) is 13.7 Å². The van der Waals surface area contributed by atoms with Crippen molar-refractivity contribution in [2.45, 2.75) is 128 Å². The predicted molar refractivity (Wildman–Crippen MR) is 184 cm³/mol. The van der Waals surface area contributed by atoms with Gasteiger partial charge in [0.1, 0.15) is 42.1 Å². The number of methoxy groups -OCH3 is 1. The number of aliphatic imine (C=N–C) groups is 2. The van der Waals surface area contributed by atoms with E-state index in [9.17, 15) is 29.5 Å². The summed E-state index contributed by atoms with van der Waals surface area (Å²) in [6.45, 7) is 11.0. The Kier molecular flexibility index (Phi) is 13.9. The zero-order valence-electron chi connectivity index (χ0n) is 30.7. The summed E-state index contributed by atoms with van der Waals surface area (Å²) in [4.78, 5) is 62.8. The van der Waals surface area contributed by atoms with E-state index in [0.29, 0.717) is 0 Å². The summed E-state index contributed by atoms with van der Waals surface area (Å²) in [5.41, 5.74) is 1.34. The maximum atomic E-state index is 13.6. The Labute approximate surface area is 298 Å². The smallest absolute Gasteiger partial charge is 0.408 e. The van der Waals surface area contributed by atoms with E-state index in [2.05, 4.69) is 20.3 Å². The van der Waals surface area contributed by atoms with Gasteiger partial charge in [-0.2, -0.15) is 10.3 Å². The number of aliphatic hydroxyl groups excluding tert-OH is 1. The van der Waals surface area contributed by atoms with Crippen molar-refractivity contribution in [3.05, 3.63) is 23.5 Å². The Hall–Kier alpha value is -4.33. The number of esters is 2. The second-order valence-electron chi connectivity index (χ2n) is 14.6. The van der Waals surface area contributed by atoms with Crippen LogP contribution >= 0.6 is 0 Å². The lowest BCUT2D eigenvalue weighted by Crippen LogP contribution is -2.50. The zero-order valence-corrected chi connectivity index (χ0v) is 30.7. The van der Waals surface area contributed by atoms with Crippen LogP contribution < -0.4 is 11.1 Å². The van der Waals surface area contributed by atoms with Gasteiger partial charge in [-0.25, -0.2) is 14.6 Å². The Bertz CT molecular complexity index is 1500. The highest BCUT2D eigenvalue weighted by Gasteiger charge is 2.59. The molecule has 1 saturated carbocycles. The van der Waals surface area contributed by atoms with Crippen LogP contribution in [0.15, 0.2) is 22.1 Å². The first-order valence-electron chi connectivity index (χ1n) is 17.1. The average Bonchev–Trinajstić information content (AvgIpc) is 3.65. The summed E-state index contributed by atoms with van der Waals surface area (Å²) >= 11 is 0. The van der Waals surface area contributed by atoms with Gasteiger partial charge >= 0.3 is 18.0 Å². The zero-order chi connectivity index (χ0) is 38.1. The largest absolute Gasteiger partial charge is 0.463 e. The number of amidine groups is 1. The van der Waals surface area contributed by atoms with Crippen LogP contribution in [0.25, 0.3) is 0 Å². The van der Waals surface area contributed by atoms with Crippen molar-refractivity contribution in [1.29, 1.82) is 5.26 Å². The molecule has 0 aromatic carbocycles. The number of ether oxygens (including phenoxy) is 5. The number of rotatable bonds is 12. The van der Waals surface area contributed by atoms with Crippen LogP contribution in [0.1, 0.15) is 98.4 Å². The molecule has 282 valence electrons. The lowest BCUT2D eigenvalue weighted by molar-refractivity contribution is -0.163. The van der Waals surface area contributed by atoms with E-state index in [1.54, 1.807) is 34.6 Å². The fourth-order valence-electron chi connectivity index (χ4n) is 5.75. The van der Waals surface area contributed by atoms with E-state index >= 15 is 0 Å². The normalized spacial score (nSPS) is 23.9. The highest BCUT2D eigenvalue weighted by Crippen LogP contribution is 2.41. The van der Waals surface area contributed by atoms with Crippen LogP contribution in [0, 0.1) is 23.2 Å². The lowest BCUT2D eigenvalue weighted by Gasteiger charge is -2.28. The van der Waals surface area contributed by atoms with Crippen LogP contribution in [-0.2, 0) is 43.7 Å². The SMILES string of the molecule is COC(C)(C)C(=O)N=C(N=CN)c1ccc([C@]2(C#N)O[C@H](COC(=O)CC3CCCCC3)[C@@H](OC(=O)[C@H](NC(=O)OC(C)(C)C)C(C)C)[C@H]2O)[nH]1. The number of aliphatic hydroxyl groups is 1. The maximum Gasteiger partial charge on any atom is 0.408 e. The van der Waals surface area contributed by atoms with Gasteiger partial charge in [-0.05, 0) is 71.4 Å². The van der Waals surface area contributed by atoms with Crippen LogP contribution in [0.3, 0.4) is 0 Å². The molecule has 16 heteroatoms. The molecular weight excluding hydrogens is 664 g/mol. The minimum atomic E-state index is -2.19. The molecule has 2 fully saturated rings. The molecule has 0 spiro atoms. The average molecular weight is 717 g/mol. The minimum absolute atomic E-state index is 0.00440. The molecule has 1 aromatic heterocycles. The van der Waals surface area contributed by atoms with Gasteiger partial charge in [0.2, 0.25) is 5.60 Å². The molecule has 0 bridgehead atoms. The number of carbonyl (C=O) groups is 4.